The van der Waals surface area contributed by atoms with E-state index in [-0.39, 0.29) is 23.0 Å². The average Bonchev–Trinajstić information content (AvgIpc) is 2.85. The van der Waals surface area contributed by atoms with Gasteiger partial charge in [0, 0.05) is 24.5 Å². The average molecular weight is 543 g/mol. The van der Waals surface area contributed by atoms with E-state index in [0.717, 1.165) is 19.4 Å². The van der Waals surface area contributed by atoms with E-state index < -0.39 is 5.79 Å². The molecule has 5 fully saturated rings. The van der Waals surface area contributed by atoms with Crippen molar-refractivity contribution in [1.29, 1.82) is 0 Å². The quantitative estimate of drug-likeness (QED) is 0.288. The van der Waals surface area contributed by atoms with Gasteiger partial charge in [-0.25, -0.2) is 0 Å². The third kappa shape index (κ3) is 4.04. The van der Waals surface area contributed by atoms with Crippen molar-refractivity contribution in [3.8, 4) is 0 Å². The Balaban J connectivity index is 1.35. The van der Waals surface area contributed by atoms with Crippen molar-refractivity contribution in [2.24, 2.45) is 44.8 Å². The van der Waals surface area contributed by atoms with E-state index >= 15 is 0 Å². The molecule has 1 aliphatic heterocycles. The third-order valence-electron chi connectivity index (χ3n) is 14.2. The van der Waals surface area contributed by atoms with Crippen LogP contribution in [0, 0.1) is 44.8 Å². The van der Waals surface area contributed by atoms with Crippen LogP contribution in [0.1, 0.15) is 126 Å². The van der Waals surface area contributed by atoms with Gasteiger partial charge in [-0.3, -0.25) is 0 Å². The summed E-state index contributed by atoms with van der Waals surface area (Å²) >= 11 is 0. The van der Waals surface area contributed by atoms with Gasteiger partial charge in [-0.05, 0) is 118 Å². The van der Waals surface area contributed by atoms with Crippen LogP contribution in [0.15, 0.2) is 11.6 Å². The molecule has 5 aliphatic carbocycles. The number of aliphatic hydroxyl groups is 1. The lowest BCUT2D eigenvalue weighted by molar-refractivity contribution is -0.351. The summed E-state index contributed by atoms with van der Waals surface area (Å²) in [7, 11) is 0. The minimum absolute atomic E-state index is 0.0323. The Morgan fingerprint density at radius 2 is 1.62 bits per heavy atom. The highest BCUT2D eigenvalue weighted by molar-refractivity contribution is 5.34. The van der Waals surface area contributed by atoms with Crippen molar-refractivity contribution in [1.82, 2.24) is 0 Å². The smallest absolute Gasteiger partial charge is 0.163 e. The van der Waals surface area contributed by atoms with E-state index in [0.29, 0.717) is 46.7 Å². The van der Waals surface area contributed by atoms with Crippen LogP contribution in [-0.4, -0.2) is 42.4 Å². The Kier molecular flexibility index (Phi) is 6.65. The minimum atomic E-state index is -0.460. The molecule has 1 saturated heterocycles. The molecule has 6 aliphatic rings. The fraction of sp³-hybridized carbons (Fsp3) is 0.943. The molecule has 1 heterocycles. The molecule has 0 amide bonds. The predicted molar refractivity (Wildman–Crippen MR) is 156 cm³/mol. The highest BCUT2D eigenvalue weighted by Crippen LogP contribution is 2.75. The summed E-state index contributed by atoms with van der Waals surface area (Å²) in [6, 6.07) is 0. The van der Waals surface area contributed by atoms with E-state index in [2.05, 4.69) is 61.5 Å². The van der Waals surface area contributed by atoms with Crippen LogP contribution < -0.4 is 0 Å². The molecule has 0 spiro atoms. The van der Waals surface area contributed by atoms with Gasteiger partial charge in [0.1, 0.15) is 0 Å². The first-order chi connectivity index (χ1) is 18.1. The standard InChI is InChI=1S/C35H58O4/c1-29(2)16-18-35(37-21-9-20-36)19-17-33(7)24(25(35)22-29)10-11-27-31(5)14-13-28-32(6,23-38-30(3,4)39-28)26(31)12-15-34(27,33)8/h10,25-28,36H,9,11-23H2,1-8H3/t25-,26?,27?,28-,31-,32+,33+,34+,35-/m0/s1. The summed E-state index contributed by atoms with van der Waals surface area (Å²) in [5.74, 6) is 1.40. The maximum Gasteiger partial charge on any atom is 0.163 e. The van der Waals surface area contributed by atoms with Crippen molar-refractivity contribution in [2.45, 2.75) is 144 Å². The summed E-state index contributed by atoms with van der Waals surface area (Å²) in [5, 5.41) is 9.49. The van der Waals surface area contributed by atoms with Gasteiger partial charge in [-0.2, -0.15) is 0 Å². The van der Waals surface area contributed by atoms with Crippen LogP contribution in [0.4, 0.5) is 0 Å². The molecular weight excluding hydrogens is 484 g/mol. The van der Waals surface area contributed by atoms with E-state index in [9.17, 15) is 5.11 Å². The molecule has 6 rings (SSSR count). The maximum absolute atomic E-state index is 9.49. The molecule has 222 valence electrons. The molecule has 1 N–H and O–H groups in total. The van der Waals surface area contributed by atoms with Gasteiger partial charge in [0.25, 0.3) is 0 Å². The molecular formula is C35H58O4. The zero-order valence-electron chi connectivity index (χ0n) is 26.5. The Hall–Kier alpha value is -0.420. The molecule has 4 nitrogen and oxygen atoms in total. The first kappa shape index (κ1) is 28.7. The fourth-order valence-corrected chi connectivity index (χ4v) is 11.7. The Bertz CT molecular complexity index is 1000. The fourth-order valence-electron chi connectivity index (χ4n) is 11.7. The molecule has 9 atom stereocenters. The van der Waals surface area contributed by atoms with Gasteiger partial charge < -0.3 is 19.3 Å². The summed E-state index contributed by atoms with van der Waals surface area (Å²) in [6.45, 7) is 21.4. The van der Waals surface area contributed by atoms with Gasteiger partial charge in [0.05, 0.1) is 18.3 Å². The highest BCUT2D eigenvalue weighted by Gasteiger charge is 2.70. The maximum atomic E-state index is 9.49. The Morgan fingerprint density at radius 1 is 0.872 bits per heavy atom. The number of aliphatic hydroxyl groups excluding tert-OH is 1. The van der Waals surface area contributed by atoms with Crippen molar-refractivity contribution >= 4 is 0 Å². The first-order valence-electron chi connectivity index (χ1n) is 16.4. The van der Waals surface area contributed by atoms with Crippen LogP contribution >= 0.6 is 0 Å². The third-order valence-corrected chi connectivity index (χ3v) is 14.2. The van der Waals surface area contributed by atoms with Crippen LogP contribution in [0.5, 0.6) is 0 Å². The molecule has 0 aromatic rings. The van der Waals surface area contributed by atoms with Crippen molar-refractivity contribution < 1.29 is 19.3 Å². The summed E-state index contributed by atoms with van der Waals surface area (Å²) < 4.78 is 19.8. The van der Waals surface area contributed by atoms with E-state index in [1.165, 1.54) is 57.8 Å². The molecule has 2 unspecified atom stereocenters. The Labute approximate surface area is 239 Å². The minimum Gasteiger partial charge on any atom is -0.396 e. The number of ether oxygens (including phenoxy) is 3. The van der Waals surface area contributed by atoms with E-state index in [1.54, 1.807) is 5.57 Å². The van der Waals surface area contributed by atoms with Crippen LogP contribution in [0.3, 0.4) is 0 Å². The topological polar surface area (TPSA) is 47.9 Å². The zero-order valence-corrected chi connectivity index (χ0v) is 26.5. The molecule has 0 aromatic carbocycles. The second kappa shape index (κ2) is 9.04. The number of hydrogen-bond acceptors (Lipinski definition) is 4. The van der Waals surface area contributed by atoms with Crippen molar-refractivity contribution in [2.75, 3.05) is 19.8 Å². The van der Waals surface area contributed by atoms with Crippen LogP contribution in [-0.2, 0) is 14.2 Å². The second-order valence-corrected chi connectivity index (χ2v) is 17.0. The Morgan fingerprint density at radius 3 is 2.36 bits per heavy atom. The summed E-state index contributed by atoms with van der Waals surface area (Å²) in [5.41, 5.74) is 3.02. The van der Waals surface area contributed by atoms with E-state index in [1.807, 2.05) is 0 Å². The predicted octanol–water partition coefficient (Wildman–Crippen LogP) is 8.07. The van der Waals surface area contributed by atoms with E-state index in [4.69, 9.17) is 14.2 Å². The largest absolute Gasteiger partial charge is 0.396 e. The van der Waals surface area contributed by atoms with Crippen LogP contribution in [0.2, 0.25) is 0 Å². The molecule has 0 radical (unpaired) electrons. The van der Waals surface area contributed by atoms with Crippen LogP contribution in [0.25, 0.3) is 0 Å². The first-order valence-corrected chi connectivity index (χ1v) is 16.4. The second-order valence-electron chi connectivity index (χ2n) is 17.0. The molecule has 39 heavy (non-hydrogen) atoms. The lowest BCUT2D eigenvalue weighted by atomic mass is 9.34. The lowest BCUT2D eigenvalue weighted by Gasteiger charge is -2.72. The SMILES string of the molecule is CC1(C)CC[C@]2(OCCCO)CC[C@]3(C)C(=CCC4[C@@]5(C)CC[C@@H]6OC(C)(C)OC[C@]6(C)C5CC[C@]43C)[C@@H]2C1. The molecule has 4 saturated carbocycles. The van der Waals surface area contributed by atoms with Gasteiger partial charge in [0.2, 0.25) is 0 Å². The number of allylic oxidation sites excluding steroid dienone is 1. The highest BCUT2D eigenvalue weighted by atomic mass is 16.7. The van der Waals surface area contributed by atoms with Crippen molar-refractivity contribution in [3.05, 3.63) is 11.6 Å². The van der Waals surface area contributed by atoms with Gasteiger partial charge in [0.15, 0.2) is 5.79 Å². The molecule has 4 heteroatoms. The number of fused-ring (bicyclic) bond motifs is 9. The van der Waals surface area contributed by atoms with Gasteiger partial charge in [-0.1, -0.05) is 53.2 Å². The van der Waals surface area contributed by atoms with Crippen molar-refractivity contribution in [3.63, 3.8) is 0 Å². The monoisotopic (exact) mass is 542 g/mol. The summed E-state index contributed by atoms with van der Waals surface area (Å²) in [4.78, 5) is 0. The normalized spacial score (nSPS) is 51.9. The zero-order chi connectivity index (χ0) is 28.1. The summed E-state index contributed by atoms with van der Waals surface area (Å²) in [6.07, 6.45) is 16.1. The van der Waals surface area contributed by atoms with Gasteiger partial charge >= 0.3 is 0 Å². The molecule has 0 aromatic heterocycles. The lowest BCUT2D eigenvalue weighted by Crippen LogP contribution is -2.68. The molecule has 0 bridgehead atoms. The van der Waals surface area contributed by atoms with Gasteiger partial charge in [-0.15, -0.1) is 0 Å². The number of rotatable bonds is 4. The number of hydrogen-bond donors (Lipinski definition) is 1.